The molecule has 0 aliphatic carbocycles. The number of hydrogen-bond acceptors (Lipinski definition) is 20. The third kappa shape index (κ3) is 24.1. The minimum Gasteiger partial charge on any atom is -0.497 e. The molecule has 4 amide bonds. The van der Waals surface area contributed by atoms with Gasteiger partial charge in [0, 0.05) is 85.0 Å². The fraction of sp³-hybridized carbons (Fsp3) is 0.181. The molecule has 8 aromatic heterocycles. The monoisotopic (exact) mass is 1870 g/mol. The maximum absolute atomic E-state index is 12.9. The van der Waals surface area contributed by atoms with Crippen LogP contribution in [0, 0.1) is 0 Å². The van der Waals surface area contributed by atoms with E-state index in [-0.39, 0.29) is 79.5 Å². The summed E-state index contributed by atoms with van der Waals surface area (Å²) >= 11 is 29.4. The number of pyridine rings is 5. The van der Waals surface area contributed by atoms with Crippen LogP contribution >= 0.6 is 58.0 Å². The number of sulfonamides is 1. The first kappa shape index (κ1) is 93.9. The first-order chi connectivity index (χ1) is 58.0. The van der Waals surface area contributed by atoms with Gasteiger partial charge in [0.1, 0.15) is 41.3 Å². The zero-order chi connectivity index (χ0) is 90.9. The van der Waals surface area contributed by atoms with Crippen molar-refractivity contribution in [2.24, 2.45) is 0 Å². The number of hydrogen-bond donors (Lipinski definition) is 4. The molecule has 1 saturated heterocycles. The number of methoxy groups -OCH3 is 2. The highest BCUT2D eigenvalue weighted by Gasteiger charge is 2.40. The second kappa shape index (κ2) is 38.1. The number of aromatic nitrogens is 14. The second-order valence-electron chi connectivity index (χ2n) is 25.0. The summed E-state index contributed by atoms with van der Waals surface area (Å²) in [5, 5.41) is 19.4. The lowest BCUT2D eigenvalue weighted by Gasteiger charge is -2.31. The highest BCUT2D eigenvalue weighted by Crippen LogP contribution is 2.40. The first-order valence-corrected chi connectivity index (χ1v) is 37.3. The molecule has 0 saturated carbocycles. The molecule has 0 unspecified atom stereocenters. The number of benzene rings is 4. The SMILES string of the molecule is CN1CCN(S(=O)(=O)c2ccc(C(=O)Nc3ccc(Cl)c(-c4ccccn4)c3)cc2)CC1.COc1cc(OC)cc(C(=O)Nc2ncn(-c3ncc(C(F)(F)F)cc3Cl)n2)c1.O=C(Nc1ncn(-c2ncc(C(F)(F)F)cc2Cl)n1)c1cc(C(F)(F)F)cc(C(F)(F)F)c1.O=C(Nc1ncn(-c2ncc(C(F)(F)F)cc2Cl)n1)c1ccc(C(F)(F)F)nc1Cl. The maximum Gasteiger partial charge on any atom is 0.433 e. The number of ether oxygens (including phenoxy) is 2. The van der Waals surface area contributed by atoms with Crippen LogP contribution < -0.4 is 30.7 Å². The first-order valence-electron chi connectivity index (χ1n) is 33.9. The number of carbonyl (C=O) groups excluding carboxylic acids is 4. The van der Waals surface area contributed by atoms with Crippen LogP contribution in [0.1, 0.15) is 74.9 Å². The number of anilines is 4. The number of rotatable bonds is 16. The Morgan fingerprint density at radius 1 is 0.411 bits per heavy atom. The van der Waals surface area contributed by atoms with Crippen LogP contribution in [0.25, 0.3) is 28.7 Å². The van der Waals surface area contributed by atoms with E-state index in [1.165, 1.54) is 54.9 Å². The summed E-state index contributed by atoms with van der Waals surface area (Å²) in [6, 6.07) is 24.8. The number of piperazine rings is 1. The average Bonchev–Trinajstić information content (AvgIpc) is 1.77. The molecule has 4 N–H and O–H groups in total. The Kier molecular flexibility index (Phi) is 28.9. The Morgan fingerprint density at radius 2 is 0.831 bits per heavy atom. The molecule has 9 heterocycles. The number of nitrogens with zero attached hydrogens (tertiary/aromatic N) is 16. The Labute approximate surface area is 709 Å². The zero-order valence-electron chi connectivity index (χ0n) is 62.0. The van der Waals surface area contributed by atoms with Gasteiger partial charge in [-0.1, -0.05) is 64.1 Å². The zero-order valence-corrected chi connectivity index (χ0v) is 66.6. The molecule has 0 atom stereocenters. The van der Waals surface area contributed by atoms with E-state index in [4.69, 9.17) is 67.5 Å². The highest BCUT2D eigenvalue weighted by atomic mass is 35.5. The van der Waals surface area contributed by atoms with E-state index in [2.05, 4.69) is 76.0 Å². The van der Waals surface area contributed by atoms with E-state index < -0.39 is 120 Å². The minimum absolute atomic E-state index is 0.0734. The van der Waals surface area contributed by atoms with Gasteiger partial charge in [0.25, 0.3) is 23.6 Å². The number of alkyl halides is 18. The van der Waals surface area contributed by atoms with Gasteiger partial charge < -0.3 is 19.7 Å². The molecule has 1 fully saturated rings. The van der Waals surface area contributed by atoms with Crippen LogP contribution in [0.15, 0.2) is 176 Å². The lowest BCUT2D eigenvalue weighted by atomic mass is 10.0. The summed E-state index contributed by atoms with van der Waals surface area (Å²) < 4.78 is 270. The number of halogens is 23. The Morgan fingerprint density at radius 3 is 1.22 bits per heavy atom. The molecule has 12 aromatic rings. The van der Waals surface area contributed by atoms with Gasteiger partial charge in [0.05, 0.1) is 78.3 Å². The molecule has 4 aromatic carbocycles. The van der Waals surface area contributed by atoms with Crippen molar-refractivity contribution in [3.8, 4) is 40.2 Å². The van der Waals surface area contributed by atoms with Crippen molar-refractivity contribution in [1.29, 1.82) is 0 Å². The molecule has 0 spiro atoms. The number of amides is 4. The van der Waals surface area contributed by atoms with Gasteiger partial charge in [-0.25, -0.2) is 28.4 Å². The predicted octanol–water partition coefficient (Wildman–Crippen LogP) is 17.5. The van der Waals surface area contributed by atoms with Gasteiger partial charge in [-0.05, 0) is 122 Å². The van der Waals surface area contributed by atoms with E-state index in [0.717, 1.165) is 45.2 Å². The molecular weight excluding hydrogens is 1820 g/mol. The topological polar surface area (TPSA) is 332 Å². The lowest BCUT2D eigenvalue weighted by molar-refractivity contribution is -0.143. The molecule has 52 heteroatoms. The summed E-state index contributed by atoms with van der Waals surface area (Å²) in [4.78, 5) is 81.2. The van der Waals surface area contributed by atoms with Crippen LogP contribution in [0.5, 0.6) is 11.5 Å². The van der Waals surface area contributed by atoms with Crippen molar-refractivity contribution in [3.63, 3.8) is 0 Å². The molecule has 1 aliphatic rings. The maximum atomic E-state index is 12.9. The molecular formula is C72H49Cl5F18N20O8S. The minimum atomic E-state index is -5.17. The summed E-state index contributed by atoms with van der Waals surface area (Å²) in [7, 11) is 1.28. The van der Waals surface area contributed by atoms with Crippen molar-refractivity contribution in [1.82, 2.24) is 78.4 Å². The molecule has 0 bridgehead atoms. The fourth-order valence-electron chi connectivity index (χ4n) is 10.3. The average molecular weight is 1870 g/mol. The Bertz CT molecular complexity index is 5990. The molecule has 652 valence electrons. The smallest absolute Gasteiger partial charge is 0.433 e. The number of nitrogens with one attached hydrogen (secondary N) is 4. The van der Waals surface area contributed by atoms with Gasteiger partial charge in [-0.15, -0.1) is 15.3 Å². The third-order valence-corrected chi connectivity index (χ3v) is 19.8. The van der Waals surface area contributed by atoms with Gasteiger partial charge in [0.2, 0.25) is 27.9 Å². The standard InChI is InChI=1S/C23H23ClN4O3S.C17H7ClF9N5O.C17H13ClF3N5O3.C15H6Cl2F6N6O/c1-27-12-14-28(15-13-27)32(30,31)19-8-5-17(6-9-19)23(29)26-18-7-10-21(24)20(16-18)22-4-2-3-11-25-22;18-11-4-10(17(25,26)27)5-28-12(11)32-6-29-14(31-32)30-13(33)7-1-8(15(19,20)21)3-9(2-7)16(22,23)24;1-28-11-3-9(4-12(6-11)29-2)15(27)24-16-23-8-26(25-16)14-13(18)5-10(7-22-14)17(19,20)21;16-8-3-6(14(18,19)20)4-24-11(8)29-5-25-13(28-29)27-12(30)7-1-2-9(15(21,22)23)26-10(7)17/h2-11,16H,12-15H2,1H3,(H,26,29);1-6H,(H,30,31,33);3-8H,1-2H3,(H,24,25,27);1-5H,(H,27,28,30). The van der Waals surface area contributed by atoms with Gasteiger partial charge in [0.15, 0.2) is 17.5 Å². The summed E-state index contributed by atoms with van der Waals surface area (Å²) in [5.74, 6) is -4.09. The van der Waals surface area contributed by atoms with E-state index >= 15 is 0 Å². The van der Waals surface area contributed by atoms with Crippen LogP contribution in [0.2, 0.25) is 25.2 Å². The van der Waals surface area contributed by atoms with Crippen molar-refractivity contribution < 1.29 is 116 Å². The third-order valence-electron chi connectivity index (χ3n) is 16.5. The summed E-state index contributed by atoms with van der Waals surface area (Å²) in [6.45, 7) is 2.30. The molecule has 28 nitrogen and oxygen atoms in total. The van der Waals surface area contributed by atoms with Gasteiger partial charge in [-0.3, -0.25) is 40.1 Å². The summed E-state index contributed by atoms with van der Waals surface area (Å²) in [6.07, 6.45) is -22.7. The van der Waals surface area contributed by atoms with E-state index in [1.54, 1.807) is 30.5 Å². The summed E-state index contributed by atoms with van der Waals surface area (Å²) in [5.41, 5.74) is -6.74. The van der Waals surface area contributed by atoms with Crippen molar-refractivity contribution in [2.45, 2.75) is 42.0 Å². The van der Waals surface area contributed by atoms with Crippen molar-refractivity contribution in [3.05, 3.63) is 252 Å². The lowest BCUT2D eigenvalue weighted by Crippen LogP contribution is -2.47. The normalized spacial score (nSPS) is 12.9. The van der Waals surface area contributed by atoms with E-state index in [1.807, 2.05) is 30.6 Å². The van der Waals surface area contributed by atoms with Crippen LogP contribution in [0.4, 0.5) is 103 Å². The van der Waals surface area contributed by atoms with Gasteiger partial charge in [-0.2, -0.15) is 112 Å². The molecule has 13 rings (SSSR count). The fourth-order valence-corrected chi connectivity index (χ4v) is 12.9. The van der Waals surface area contributed by atoms with Crippen LogP contribution in [-0.2, 0) is 47.1 Å². The van der Waals surface area contributed by atoms with Crippen LogP contribution in [-0.4, -0.2) is 158 Å². The quantitative estimate of drug-likeness (QED) is 0.0516. The largest absolute Gasteiger partial charge is 0.497 e. The second-order valence-corrected chi connectivity index (χ2v) is 28.9. The van der Waals surface area contributed by atoms with Gasteiger partial charge >= 0.3 is 37.1 Å². The Hall–Kier alpha value is -12.4. The van der Waals surface area contributed by atoms with E-state index in [0.29, 0.717) is 102 Å². The highest BCUT2D eigenvalue weighted by molar-refractivity contribution is 7.89. The van der Waals surface area contributed by atoms with Crippen LogP contribution in [0.3, 0.4) is 0 Å². The number of likely N-dealkylation sites (N-methyl/N-ethyl adjacent to an activating group) is 1. The van der Waals surface area contributed by atoms with Crippen molar-refractivity contribution in [2.75, 3.05) is 68.7 Å². The number of carbonyl (C=O) groups is 4. The van der Waals surface area contributed by atoms with Crippen molar-refractivity contribution >= 4 is 115 Å². The van der Waals surface area contributed by atoms with E-state index in [9.17, 15) is 107 Å². The molecule has 124 heavy (non-hydrogen) atoms. The molecule has 0 radical (unpaired) electrons. The predicted molar refractivity (Wildman–Crippen MR) is 407 cm³/mol. The molecule has 1 aliphatic heterocycles. The Balaban J connectivity index is 0.000000173.